The summed E-state index contributed by atoms with van der Waals surface area (Å²) >= 11 is 0. The molecule has 0 atom stereocenters. The maximum Gasteiger partial charge on any atom is 0.123 e. The molecule has 0 saturated carbocycles. The molecule has 1 aliphatic heterocycles. The smallest absolute Gasteiger partial charge is 0.123 e. The summed E-state index contributed by atoms with van der Waals surface area (Å²) in [5.41, 5.74) is 4.88. The first-order chi connectivity index (χ1) is 10.3. The molecule has 0 fully saturated rings. The lowest BCUT2D eigenvalue weighted by atomic mass is 10.0. The van der Waals surface area contributed by atoms with Gasteiger partial charge in [0.25, 0.3) is 0 Å². The Morgan fingerprint density at radius 2 is 1.71 bits per heavy atom. The van der Waals surface area contributed by atoms with Crippen LogP contribution < -0.4 is 5.32 Å². The highest BCUT2D eigenvalue weighted by Gasteiger charge is 2.12. The molecule has 0 unspecified atom stereocenters. The number of fused-ring (bicyclic) bond motifs is 3. The zero-order chi connectivity index (χ0) is 14.2. The molecular weight excluding hydrogens is 263 g/mol. The Bertz CT molecular complexity index is 787. The van der Waals surface area contributed by atoms with E-state index in [0.717, 1.165) is 37.2 Å². The van der Waals surface area contributed by atoms with E-state index in [-0.39, 0.29) is 5.82 Å². The van der Waals surface area contributed by atoms with Crippen LogP contribution >= 0.6 is 0 Å². The summed E-state index contributed by atoms with van der Waals surface area (Å²) in [7, 11) is 0. The maximum atomic E-state index is 13.0. The van der Waals surface area contributed by atoms with Crippen molar-refractivity contribution in [3.63, 3.8) is 0 Å². The van der Waals surface area contributed by atoms with Crippen molar-refractivity contribution in [3.8, 4) is 11.1 Å². The lowest BCUT2D eigenvalue weighted by molar-refractivity contribution is 0.628. The third-order valence-electron chi connectivity index (χ3n) is 4.23. The van der Waals surface area contributed by atoms with Gasteiger partial charge >= 0.3 is 0 Å². The van der Waals surface area contributed by atoms with E-state index in [9.17, 15) is 4.39 Å². The monoisotopic (exact) mass is 280 g/mol. The van der Waals surface area contributed by atoms with Crippen LogP contribution in [0.4, 0.5) is 4.39 Å². The van der Waals surface area contributed by atoms with Crippen LogP contribution in [0, 0.1) is 5.82 Å². The molecule has 21 heavy (non-hydrogen) atoms. The van der Waals surface area contributed by atoms with Gasteiger partial charge in [0.05, 0.1) is 0 Å². The number of halogens is 1. The number of hydrogen-bond acceptors (Lipinski definition) is 1. The summed E-state index contributed by atoms with van der Waals surface area (Å²) < 4.78 is 15.4. The molecule has 0 aliphatic carbocycles. The Morgan fingerprint density at radius 1 is 0.905 bits per heavy atom. The Kier molecular flexibility index (Phi) is 3.00. The minimum Gasteiger partial charge on any atom is -0.343 e. The number of benzene rings is 2. The fraction of sp³-hybridized carbons (Fsp3) is 0.222. The molecule has 3 heteroatoms. The molecule has 0 amide bonds. The van der Waals surface area contributed by atoms with E-state index in [4.69, 9.17) is 0 Å². The number of nitrogens with zero attached hydrogens (tertiary/aromatic N) is 1. The fourth-order valence-corrected chi connectivity index (χ4v) is 3.15. The predicted octanol–water partition coefficient (Wildman–Crippen LogP) is 3.59. The van der Waals surface area contributed by atoms with Gasteiger partial charge in [-0.3, -0.25) is 0 Å². The third kappa shape index (κ3) is 2.24. The van der Waals surface area contributed by atoms with Crippen molar-refractivity contribution in [1.29, 1.82) is 0 Å². The maximum absolute atomic E-state index is 13.0. The van der Waals surface area contributed by atoms with Crippen LogP contribution in [0.15, 0.2) is 48.5 Å². The quantitative estimate of drug-likeness (QED) is 0.721. The van der Waals surface area contributed by atoms with Crippen molar-refractivity contribution in [1.82, 2.24) is 9.88 Å². The van der Waals surface area contributed by atoms with Crippen molar-refractivity contribution in [2.24, 2.45) is 0 Å². The third-order valence-corrected chi connectivity index (χ3v) is 4.23. The van der Waals surface area contributed by atoms with Crippen molar-refractivity contribution in [2.45, 2.75) is 13.0 Å². The number of aromatic nitrogens is 1. The van der Waals surface area contributed by atoms with Gasteiger partial charge in [-0.15, -0.1) is 0 Å². The van der Waals surface area contributed by atoms with Crippen molar-refractivity contribution in [2.75, 3.05) is 13.1 Å². The number of hydrogen-bond donors (Lipinski definition) is 1. The minimum atomic E-state index is -0.192. The Labute approximate surface area is 123 Å². The predicted molar refractivity (Wildman–Crippen MR) is 83.9 cm³/mol. The van der Waals surface area contributed by atoms with E-state index in [1.54, 1.807) is 0 Å². The van der Waals surface area contributed by atoms with E-state index in [2.05, 4.69) is 34.1 Å². The lowest BCUT2D eigenvalue weighted by Crippen LogP contribution is -2.17. The zero-order valence-corrected chi connectivity index (χ0v) is 11.8. The molecule has 4 rings (SSSR count). The molecule has 2 nitrogen and oxygen atoms in total. The normalized spacial score (nSPS) is 14.9. The first kappa shape index (κ1) is 12.6. The highest BCUT2D eigenvalue weighted by atomic mass is 19.1. The van der Waals surface area contributed by atoms with Gasteiger partial charge in [-0.2, -0.15) is 0 Å². The van der Waals surface area contributed by atoms with Crippen LogP contribution in [0.25, 0.3) is 22.0 Å². The molecular formula is C18H17FN2. The van der Waals surface area contributed by atoms with E-state index < -0.39 is 0 Å². The highest BCUT2D eigenvalue weighted by Crippen LogP contribution is 2.27. The molecule has 1 N–H and O–H groups in total. The lowest BCUT2D eigenvalue weighted by Gasteiger charge is -2.07. The molecule has 1 aliphatic rings. The van der Waals surface area contributed by atoms with Gasteiger partial charge in [0.2, 0.25) is 0 Å². The SMILES string of the molecule is Fc1ccc(-c2ccc3c(c2)cc2n3CCNCC2)cc1. The molecule has 2 aromatic carbocycles. The molecule has 106 valence electrons. The second kappa shape index (κ2) is 5.01. The first-order valence-electron chi connectivity index (χ1n) is 7.40. The summed E-state index contributed by atoms with van der Waals surface area (Å²) in [6, 6.07) is 15.5. The summed E-state index contributed by atoms with van der Waals surface area (Å²) in [6.45, 7) is 3.09. The van der Waals surface area contributed by atoms with Crippen LogP contribution in [0.2, 0.25) is 0 Å². The largest absolute Gasteiger partial charge is 0.343 e. The molecule has 0 saturated heterocycles. The van der Waals surface area contributed by atoms with Gasteiger partial charge in [0, 0.05) is 42.7 Å². The highest BCUT2D eigenvalue weighted by molar-refractivity contribution is 5.86. The first-order valence-corrected chi connectivity index (χ1v) is 7.40. The zero-order valence-electron chi connectivity index (χ0n) is 11.8. The van der Waals surface area contributed by atoms with E-state index in [1.165, 1.54) is 28.7 Å². The van der Waals surface area contributed by atoms with Gasteiger partial charge in [-0.25, -0.2) is 4.39 Å². The van der Waals surface area contributed by atoms with Gasteiger partial charge in [0.1, 0.15) is 5.82 Å². The van der Waals surface area contributed by atoms with Crippen LogP contribution in [-0.4, -0.2) is 17.7 Å². The van der Waals surface area contributed by atoms with Crippen molar-refractivity contribution >= 4 is 10.9 Å². The van der Waals surface area contributed by atoms with Crippen molar-refractivity contribution in [3.05, 3.63) is 60.0 Å². The van der Waals surface area contributed by atoms with Gasteiger partial charge < -0.3 is 9.88 Å². The molecule has 0 spiro atoms. The molecule has 0 radical (unpaired) electrons. The average Bonchev–Trinajstić information content (AvgIpc) is 2.68. The van der Waals surface area contributed by atoms with Crippen LogP contribution in [0.5, 0.6) is 0 Å². The van der Waals surface area contributed by atoms with Gasteiger partial charge in [-0.05, 0) is 41.5 Å². The molecule has 3 aromatic rings. The van der Waals surface area contributed by atoms with Gasteiger partial charge in [-0.1, -0.05) is 18.2 Å². The second-order valence-electron chi connectivity index (χ2n) is 5.57. The summed E-state index contributed by atoms with van der Waals surface area (Å²) in [5, 5.41) is 4.70. The number of nitrogens with one attached hydrogen (secondary N) is 1. The van der Waals surface area contributed by atoms with Gasteiger partial charge in [0.15, 0.2) is 0 Å². The van der Waals surface area contributed by atoms with Crippen molar-refractivity contribution < 1.29 is 4.39 Å². The second-order valence-corrected chi connectivity index (χ2v) is 5.57. The van der Waals surface area contributed by atoms with E-state index in [0.29, 0.717) is 0 Å². The summed E-state index contributed by atoms with van der Waals surface area (Å²) in [4.78, 5) is 0. The molecule has 0 bridgehead atoms. The Hall–Kier alpha value is -2.13. The van der Waals surface area contributed by atoms with E-state index >= 15 is 0 Å². The fourth-order valence-electron chi connectivity index (χ4n) is 3.15. The summed E-state index contributed by atoms with van der Waals surface area (Å²) in [5.74, 6) is -0.192. The average molecular weight is 280 g/mol. The van der Waals surface area contributed by atoms with E-state index in [1.807, 2.05) is 12.1 Å². The molecule has 1 aromatic heterocycles. The van der Waals surface area contributed by atoms with Crippen LogP contribution in [0.3, 0.4) is 0 Å². The topological polar surface area (TPSA) is 17.0 Å². The van der Waals surface area contributed by atoms with Crippen LogP contribution in [0.1, 0.15) is 5.69 Å². The number of rotatable bonds is 1. The van der Waals surface area contributed by atoms with Crippen LogP contribution in [-0.2, 0) is 13.0 Å². The Balaban J connectivity index is 1.82. The minimum absolute atomic E-state index is 0.192. The summed E-state index contributed by atoms with van der Waals surface area (Å²) in [6.07, 6.45) is 1.07. The Morgan fingerprint density at radius 3 is 2.57 bits per heavy atom. The molecule has 2 heterocycles. The standard InChI is InChI=1S/C18H17FN2/c19-16-4-1-13(2-5-16)14-3-6-18-15(11-14)12-17-7-8-20-9-10-21(17)18/h1-6,11-12,20H,7-10H2.